The third-order valence-electron chi connectivity index (χ3n) is 1.83. The first-order valence-electron chi connectivity index (χ1n) is 4.42. The minimum Gasteiger partial charge on any atom is -0.316 e. The maximum absolute atomic E-state index is 9.78. The quantitative estimate of drug-likeness (QED) is 0.631. The Hall–Kier alpha value is -0.0200. The molecule has 1 N–H and O–H groups in total. The van der Waals surface area contributed by atoms with Crippen molar-refractivity contribution in [2.45, 2.75) is 26.7 Å². The second-order valence-corrected chi connectivity index (χ2v) is 4.13. The van der Waals surface area contributed by atoms with E-state index in [9.17, 15) is 4.79 Å². The number of nitrogens with one attached hydrogen (secondary N) is 1. The van der Waals surface area contributed by atoms with Crippen LogP contribution in [0.4, 0.5) is 0 Å². The van der Waals surface area contributed by atoms with Crippen molar-refractivity contribution in [3.05, 3.63) is 0 Å². The Kier molecular flexibility index (Phi) is 7.61. The molecule has 12 heavy (non-hydrogen) atoms. The van der Waals surface area contributed by atoms with E-state index in [1.54, 1.807) is 13.2 Å². The van der Waals surface area contributed by atoms with Crippen LogP contribution in [0.15, 0.2) is 0 Å². The van der Waals surface area contributed by atoms with Gasteiger partial charge in [0.1, 0.15) is 0 Å². The zero-order chi connectivity index (χ0) is 9.40. The third-order valence-corrected chi connectivity index (χ3v) is 2.41. The first-order valence-corrected chi connectivity index (χ1v) is 5.64. The molecule has 3 heteroatoms. The lowest BCUT2D eigenvalue weighted by molar-refractivity contribution is -0.109. The fraction of sp³-hybridized carbons (Fsp3) is 0.889. The highest BCUT2D eigenvalue weighted by Gasteiger charge is 2.04. The normalized spacial score (nSPS) is 22.4. The van der Waals surface area contributed by atoms with E-state index in [0.717, 1.165) is 5.92 Å². The lowest BCUT2D eigenvalue weighted by Crippen LogP contribution is -2.27. The van der Waals surface area contributed by atoms with Crippen molar-refractivity contribution in [2.75, 3.05) is 19.3 Å². The molecule has 1 atom stereocenters. The van der Waals surface area contributed by atoms with Gasteiger partial charge in [0.25, 0.3) is 0 Å². The van der Waals surface area contributed by atoms with E-state index in [0.29, 0.717) is 0 Å². The molecule has 1 unspecified atom stereocenters. The van der Waals surface area contributed by atoms with Crippen LogP contribution in [-0.4, -0.2) is 24.5 Å². The standard InChI is InChI=1S/C6H13N.C3H6OS/c1-6-3-2-4-7-5-6;1-3(4)5-2/h6-7H,2-5H2,1H3;1-2H3. The maximum Gasteiger partial charge on any atom is 0.185 e. The molecular formula is C9H19NOS. The SMILES string of the molecule is CC1CCCNC1.CSC(C)=O. The van der Waals surface area contributed by atoms with Crippen molar-refractivity contribution < 1.29 is 4.79 Å². The molecule has 1 aliphatic rings. The highest BCUT2D eigenvalue weighted by Crippen LogP contribution is 2.06. The molecule has 1 heterocycles. The van der Waals surface area contributed by atoms with Crippen LogP contribution in [0, 0.1) is 5.92 Å². The van der Waals surface area contributed by atoms with Gasteiger partial charge in [0.15, 0.2) is 5.12 Å². The molecule has 0 bridgehead atoms. The van der Waals surface area contributed by atoms with Crippen LogP contribution in [0.25, 0.3) is 0 Å². The molecule has 0 aromatic carbocycles. The van der Waals surface area contributed by atoms with Crippen molar-refractivity contribution in [3.8, 4) is 0 Å². The summed E-state index contributed by atoms with van der Waals surface area (Å²) in [5, 5.41) is 3.51. The molecule has 0 aromatic rings. The Bertz CT molecular complexity index is 122. The zero-order valence-electron chi connectivity index (χ0n) is 8.22. The highest BCUT2D eigenvalue weighted by molar-refractivity contribution is 8.12. The van der Waals surface area contributed by atoms with E-state index < -0.39 is 0 Å². The molecule has 0 radical (unpaired) electrons. The van der Waals surface area contributed by atoms with Gasteiger partial charge in [0.05, 0.1) is 0 Å². The summed E-state index contributed by atoms with van der Waals surface area (Å²) in [5.41, 5.74) is 0. The summed E-state index contributed by atoms with van der Waals surface area (Å²) in [5.74, 6) is 0.925. The Morgan fingerprint density at radius 1 is 1.58 bits per heavy atom. The summed E-state index contributed by atoms with van der Waals surface area (Å²) in [4.78, 5) is 9.78. The molecule has 1 aliphatic heterocycles. The maximum atomic E-state index is 9.78. The predicted octanol–water partition coefficient (Wildman–Crippen LogP) is 1.90. The number of hydrogen-bond donors (Lipinski definition) is 1. The molecule has 0 amide bonds. The van der Waals surface area contributed by atoms with Gasteiger partial charge in [0.2, 0.25) is 0 Å². The summed E-state index contributed by atoms with van der Waals surface area (Å²) in [6.45, 7) is 6.32. The van der Waals surface area contributed by atoms with E-state index >= 15 is 0 Å². The van der Waals surface area contributed by atoms with Gasteiger partial charge in [-0.15, -0.1) is 0 Å². The minimum absolute atomic E-state index is 0.171. The Morgan fingerprint density at radius 2 is 2.17 bits per heavy atom. The monoisotopic (exact) mass is 189 g/mol. The second-order valence-electron chi connectivity index (χ2n) is 3.15. The number of hydrogen-bond acceptors (Lipinski definition) is 3. The molecule has 1 rings (SSSR count). The van der Waals surface area contributed by atoms with E-state index in [4.69, 9.17) is 0 Å². The average Bonchev–Trinajstić information content (AvgIpc) is 2.07. The van der Waals surface area contributed by atoms with Gasteiger partial charge in [-0.25, -0.2) is 0 Å². The summed E-state index contributed by atoms with van der Waals surface area (Å²) in [6.07, 6.45) is 4.57. The lowest BCUT2D eigenvalue weighted by Gasteiger charge is -2.17. The predicted molar refractivity (Wildman–Crippen MR) is 55.5 cm³/mol. The van der Waals surface area contributed by atoms with Gasteiger partial charge >= 0.3 is 0 Å². The van der Waals surface area contributed by atoms with Crippen LogP contribution in [-0.2, 0) is 4.79 Å². The number of carbonyl (C=O) groups excluding carboxylic acids is 1. The summed E-state index contributed by atoms with van der Waals surface area (Å²) >= 11 is 1.24. The lowest BCUT2D eigenvalue weighted by atomic mass is 10.0. The minimum atomic E-state index is 0.171. The van der Waals surface area contributed by atoms with Crippen LogP contribution in [0.2, 0.25) is 0 Å². The summed E-state index contributed by atoms with van der Waals surface area (Å²) in [6, 6.07) is 0. The van der Waals surface area contributed by atoms with Crippen LogP contribution >= 0.6 is 11.8 Å². The Balaban J connectivity index is 0.000000217. The van der Waals surface area contributed by atoms with Gasteiger partial charge < -0.3 is 5.32 Å². The van der Waals surface area contributed by atoms with Crippen molar-refractivity contribution >= 4 is 16.9 Å². The number of piperidine rings is 1. The van der Waals surface area contributed by atoms with Crippen molar-refractivity contribution in [2.24, 2.45) is 5.92 Å². The van der Waals surface area contributed by atoms with E-state index in [-0.39, 0.29) is 5.12 Å². The van der Waals surface area contributed by atoms with Crippen LogP contribution in [0.1, 0.15) is 26.7 Å². The summed E-state index contributed by atoms with van der Waals surface area (Å²) in [7, 11) is 0. The molecule has 2 nitrogen and oxygen atoms in total. The van der Waals surface area contributed by atoms with Crippen molar-refractivity contribution in [1.29, 1.82) is 0 Å². The fourth-order valence-corrected chi connectivity index (χ4v) is 1.03. The van der Waals surface area contributed by atoms with Gasteiger partial charge in [-0.1, -0.05) is 18.7 Å². The van der Waals surface area contributed by atoms with E-state index in [1.165, 1.54) is 37.7 Å². The van der Waals surface area contributed by atoms with Crippen molar-refractivity contribution in [1.82, 2.24) is 5.32 Å². The van der Waals surface area contributed by atoms with E-state index in [2.05, 4.69) is 12.2 Å². The largest absolute Gasteiger partial charge is 0.316 e. The Labute approximate surface area is 79.5 Å². The molecule has 1 fully saturated rings. The first kappa shape index (κ1) is 12.0. The summed E-state index contributed by atoms with van der Waals surface area (Å²) < 4.78 is 0. The second kappa shape index (κ2) is 7.62. The van der Waals surface area contributed by atoms with Gasteiger partial charge in [-0.3, -0.25) is 4.79 Å². The fourth-order valence-electron chi connectivity index (χ4n) is 1.03. The first-order chi connectivity index (χ1) is 5.66. The average molecular weight is 189 g/mol. The van der Waals surface area contributed by atoms with Crippen LogP contribution < -0.4 is 5.32 Å². The molecule has 0 spiro atoms. The zero-order valence-corrected chi connectivity index (χ0v) is 9.04. The third kappa shape index (κ3) is 8.08. The topological polar surface area (TPSA) is 29.1 Å². The molecule has 0 aliphatic carbocycles. The Morgan fingerprint density at radius 3 is 2.33 bits per heavy atom. The van der Waals surface area contributed by atoms with E-state index in [1.807, 2.05) is 0 Å². The van der Waals surface area contributed by atoms with Crippen LogP contribution in [0.3, 0.4) is 0 Å². The number of thioether (sulfide) groups is 1. The molecule has 72 valence electrons. The smallest absolute Gasteiger partial charge is 0.185 e. The molecule has 1 saturated heterocycles. The van der Waals surface area contributed by atoms with Crippen LogP contribution in [0.5, 0.6) is 0 Å². The molecule has 0 saturated carbocycles. The molecular weight excluding hydrogens is 170 g/mol. The van der Waals surface area contributed by atoms with Gasteiger partial charge in [-0.2, -0.15) is 0 Å². The van der Waals surface area contributed by atoms with Crippen molar-refractivity contribution in [3.63, 3.8) is 0 Å². The molecule has 0 aromatic heterocycles. The van der Waals surface area contributed by atoms with Gasteiger partial charge in [0, 0.05) is 6.92 Å². The number of carbonyl (C=O) groups is 1. The van der Waals surface area contributed by atoms with Gasteiger partial charge in [-0.05, 0) is 38.1 Å². The number of rotatable bonds is 0. The highest BCUT2D eigenvalue weighted by atomic mass is 32.2.